The van der Waals surface area contributed by atoms with Crippen LogP contribution in [0.15, 0.2) is 152 Å². The second-order valence-electron chi connectivity index (χ2n) is 12.8. The molecular weight excluding hydrogens is 587 g/mol. The molecule has 2 heterocycles. The van der Waals surface area contributed by atoms with E-state index >= 15 is 0 Å². The molecule has 9 rings (SSSR count). The monoisotopic (exact) mass is 617 g/mol. The molecule has 1 aliphatic rings. The van der Waals surface area contributed by atoms with Crippen LogP contribution in [0.1, 0.15) is 0 Å². The lowest BCUT2D eigenvalue weighted by molar-refractivity contribution is 1.08. The highest BCUT2D eigenvalue weighted by Crippen LogP contribution is 2.44. The van der Waals surface area contributed by atoms with Crippen molar-refractivity contribution in [2.45, 2.75) is 13.1 Å². The molecule has 0 amide bonds. The minimum atomic E-state index is -1.98. The van der Waals surface area contributed by atoms with Crippen LogP contribution in [-0.2, 0) is 0 Å². The Labute approximate surface area is 275 Å². The SMILES string of the molecule is C[Si]1(C)c2ccccc2-c2cccc(-c3c4ccccc4c(-c4nc(-c5ccccc5)nc(-c5ccccc5)n4)c4ccccc34)c21. The predicted octanol–water partition coefficient (Wildman–Crippen LogP) is 9.65. The molecule has 47 heavy (non-hydrogen) atoms. The molecule has 3 nitrogen and oxygen atoms in total. The van der Waals surface area contributed by atoms with Gasteiger partial charge in [-0.25, -0.2) is 15.0 Å². The number of benzene rings is 7. The van der Waals surface area contributed by atoms with Crippen molar-refractivity contribution in [3.05, 3.63) is 152 Å². The Morgan fingerprint density at radius 3 is 1.36 bits per heavy atom. The van der Waals surface area contributed by atoms with Crippen molar-refractivity contribution in [2.75, 3.05) is 0 Å². The van der Waals surface area contributed by atoms with Crippen molar-refractivity contribution in [1.82, 2.24) is 15.0 Å². The molecule has 0 spiro atoms. The highest BCUT2D eigenvalue weighted by Gasteiger charge is 2.39. The molecule has 0 aliphatic carbocycles. The van der Waals surface area contributed by atoms with Gasteiger partial charge in [0, 0.05) is 16.7 Å². The third kappa shape index (κ3) is 4.29. The van der Waals surface area contributed by atoms with Crippen molar-refractivity contribution in [1.29, 1.82) is 0 Å². The molecule has 7 aromatic carbocycles. The quantitative estimate of drug-likeness (QED) is 0.146. The Bertz CT molecular complexity index is 2370. The van der Waals surface area contributed by atoms with Gasteiger partial charge in [-0.15, -0.1) is 0 Å². The van der Waals surface area contributed by atoms with Gasteiger partial charge in [0.05, 0.1) is 0 Å². The Balaban J connectivity index is 1.38. The van der Waals surface area contributed by atoms with E-state index in [0.717, 1.165) is 27.5 Å². The smallest absolute Gasteiger partial charge is 0.165 e. The van der Waals surface area contributed by atoms with Gasteiger partial charge < -0.3 is 0 Å². The van der Waals surface area contributed by atoms with Crippen LogP contribution in [0, 0.1) is 0 Å². The van der Waals surface area contributed by atoms with Crippen molar-refractivity contribution < 1.29 is 0 Å². The van der Waals surface area contributed by atoms with E-state index in [9.17, 15) is 0 Å². The first-order chi connectivity index (χ1) is 23.1. The summed E-state index contributed by atoms with van der Waals surface area (Å²) in [5.74, 6) is 2.01. The average molecular weight is 618 g/mol. The van der Waals surface area contributed by atoms with Crippen LogP contribution in [0.5, 0.6) is 0 Å². The van der Waals surface area contributed by atoms with Gasteiger partial charge in [0.25, 0.3) is 0 Å². The fourth-order valence-electron chi connectivity index (χ4n) is 7.64. The van der Waals surface area contributed by atoms with E-state index in [1.165, 1.54) is 43.4 Å². The molecule has 222 valence electrons. The fraction of sp³-hybridized carbons (Fsp3) is 0.0465. The van der Waals surface area contributed by atoms with Gasteiger partial charge in [-0.05, 0) is 54.2 Å². The molecule has 4 heteroatoms. The summed E-state index contributed by atoms with van der Waals surface area (Å²) in [5.41, 5.74) is 8.34. The molecule has 8 aromatic rings. The van der Waals surface area contributed by atoms with E-state index in [2.05, 4.69) is 128 Å². The lowest BCUT2D eigenvalue weighted by Gasteiger charge is -2.24. The van der Waals surface area contributed by atoms with Gasteiger partial charge in [-0.2, -0.15) is 0 Å². The summed E-state index contributed by atoms with van der Waals surface area (Å²) in [4.78, 5) is 15.4. The van der Waals surface area contributed by atoms with Crippen molar-refractivity contribution in [2.24, 2.45) is 0 Å². The minimum Gasteiger partial charge on any atom is -0.208 e. The molecule has 0 radical (unpaired) electrons. The summed E-state index contributed by atoms with van der Waals surface area (Å²) < 4.78 is 0. The molecule has 0 atom stereocenters. The summed E-state index contributed by atoms with van der Waals surface area (Å²) in [7, 11) is -1.98. The molecule has 0 fully saturated rings. The largest absolute Gasteiger partial charge is 0.208 e. The summed E-state index contributed by atoms with van der Waals surface area (Å²) in [6.45, 7) is 5.00. The molecule has 0 bridgehead atoms. The molecule has 0 N–H and O–H groups in total. The van der Waals surface area contributed by atoms with Crippen molar-refractivity contribution in [3.8, 4) is 56.4 Å². The topological polar surface area (TPSA) is 38.7 Å². The van der Waals surface area contributed by atoms with E-state index in [4.69, 9.17) is 15.0 Å². The third-order valence-corrected chi connectivity index (χ3v) is 13.3. The maximum Gasteiger partial charge on any atom is 0.165 e. The molecule has 1 aromatic heterocycles. The van der Waals surface area contributed by atoms with Crippen LogP contribution in [-0.4, -0.2) is 23.0 Å². The maximum absolute atomic E-state index is 5.19. The number of hydrogen-bond acceptors (Lipinski definition) is 3. The first-order valence-corrected chi connectivity index (χ1v) is 19.1. The van der Waals surface area contributed by atoms with Gasteiger partial charge in [0.2, 0.25) is 0 Å². The average Bonchev–Trinajstić information content (AvgIpc) is 3.37. The summed E-state index contributed by atoms with van der Waals surface area (Å²) in [6, 6.07) is 53.9. The second kappa shape index (κ2) is 10.7. The van der Waals surface area contributed by atoms with Crippen LogP contribution >= 0.6 is 0 Å². The molecular formula is C43H31N3Si. The maximum atomic E-state index is 5.19. The fourth-order valence-corrected chi connectivity index (χ4v) is 11.1. The zero-order chi connectivity index (χ0) is 31.5. The van der Waals surface area contributed by atoms with Gasteiger partial charge in [-0.1, -0.05) is 165 Å². The second-order valence-corrected chi connectivity index (χ2v) is 17.1. The zero-order valence-electron chi connectivity index (χ0n) is 26.3. The lowest BCUT2D eigenvalue weighted by atomic mass is 9.87. The number of fused-ring (bicyclic) bond motifs is 5. The first-order valence-electron chi connectivity index (χ1n) is 16.1. The number of aromatic nitrogens is 3. The van der Waals surface area contributed by atoms with Crippen LogP contribution in [0.4, 0.5) is 0 Å². The molecule has 0 unspecified atom stereocenters. The van der Waals surface area contributed by atoms with Gasteiger partial charge in [0.15, 0.2) is 17.5 Å². The van der Waals surface area contributed by atoms with Crippen molar-refractivity contribution >= 4 is 40.0 Å². The van der Waals surface area contributed by atoms with Crippen LogP contribution in [0.25, 0.3) is 78.0 Å². The van der Waals surface area contributed by atoms with E-state index < -0.39 is 8.07 Å². The van der Waals surface area contributed by atoms with E-state index in [0.29, 0.717) is 17.5 Å². The highest BCUT2D eigenvalue weighted by molar-refractivity contribution is 7.04. The number of rotatable bonds is 4. The van der Waals surface area contributed by atoms with Crippen LogP contribution in [0.3, 0.4) is 0 Å². The normalized spacial score (nSPS) is 13.1. The minimum absolute atomic E-state index is 0.665. The zero-order valence-corrected chi connectivity index (χ0v) is 27.3. The first kappa shape index (κ1) is 27.6. The number of nitrogens with zero attached hydrogens (tertiary/aromatic N) is 3. The molecule has 0 saturated carbocycles. The Morgan fingerprint density at radius 2 is 0.787 bits per heavy atom. The Morgan fingerprint density at radius 1 is 0.362 bits per heavy atom. The van der Waals surface area contributed by atoms with Crippen LogP contribution in [0.2, 0.25) is 13.1 Å². The van der Waals surface area contributed by atoms with E-state index in [1.54, 1.807) is 0 Å². The highest BCUT2D eigenvalue weighted by atomic mass is 28.3. The molecule has 1 aliphatic heterocycles. The summed E-state index contributed by atoms with van der Waals surface area (Å²) >= 11 is 0. The standard InChI is InChI=1S/C43H31N3Si/c1-47(2)37-27-14-13-20-30(37)35-25-15-26-36(40(35)47)38-31-21-9-11-23-33(31)39(34-24-12-10-22-32(34)38)43-45-41(28-16-5-3-6-17-28)44-42(46-43)29-18-7-4-8-19-29/h3-27H,1-2H3. The van der Waals surface area contributed by atoms with Crippen molar-refractivity contribution in [3.63, 3.8) is 0 Å². The Kier molecular flexibility index (Phi) is 6.27. The van der Waals surface area contributed by atoms with Gasteiger partial charge in [0.1, 0.15) is 8.07 Å². The van der Waals surface area contributed by atoms with E-state index in [-0.39, 0.29) is 0 Å². The Hall–Kier alpha value is -5.71. The predicted molar refractivity (Wildman–Crippen MR) is 199 cm³/mol. The summed E-state index contributed by atoms with van der Waals surface area (Å²) in [6.07, 6.45) is 0. The molecule has 0 saturated heterocycles. The van der Waals surface area contributed by atoms with Gasteiger partial charge in [-0.3, -0.25) is 0 Å². The lowest BCUT2D eigenvalue weighted by Crippen LogP contribution is -2.50. The summed E-state index contributed by atoms with van der Waals surface area (Å²) in [5, 5.41) is 7.72. The van der Waals surface area contributed by atoms with E-state index in [1.807, 2.05) is 36.4 Å². The van der Waals surface area contributed by atoms with Crippen LogP contribution < -0.4 is 10.4 Å². The third-order valence-electron chi connectivity index (χ3n) is 9.70. The number of hydrogen-bond donors (Lipinski definition) is 0. The van der Waals surface area contributed by atoms with Gasteiger partial charge >= 0.3 is 0 Å².